The maximum atomic E-state index is 10.7. The van der Waals surface area contributed by atoms with E-state index in [1.807, 2.05) is 12.1 Å². The quantitative estimate of drug-likeness (QED) is 0.864. The number of rotatable bonds is 5. The number of thiophene rings is 1. The number of hydrogen-bond donors (Lipinski definition) is 2. The Morgan fingerprint density at radius 2 is 2.41 bits per heavy atom. The smallest absolute Gasteiger partial charge is 0.332 e. The second kappa shape index (κ2) is 5.82. The zero-order valence-electron chi connectivity index (χ0n) is 9.19. The Hall–Kier alpha value is -0.620. The molecule has 2 N–H and O–H groups in total. The first kappa shape index (κ1) is 12.8. The molecule has 94 valence electrons. The van der Waals surface area contributed by atoms with Gasteiger partial charge in [0.15, 0.2) is 6.10 Å². The highest BCUT2D eigenvalue weighted by Crippen LogP contribution is 2.22. The summed E-state index contributed by atoms with van der Waals surface area (Å²) < 4.78 is 6.16. The lowest BCUT2D eigenvalue weighted by molar-refractivity contribution is -0.149. The lowest BCUT2D eigenvalue weighted by Gasteiger charge is -2.11. The van der Waals surface area contributed by atoms with Crippen LogP contribution >= 0.6 is 22.9 Å². The van der Waals surface area contributed by atoms with Crippen molar-refractivity contribution in [2.75, 3.05) is 6.54 Å². The van der Waals surface area contributed by atoms with Crippen LogP contribution in [0.1, 0.15) is 17.7 Å². The number of ether oxygens (including phenoxy) is 1. The normalized spacial score (nSPS) is 24.1. The average Bonchev–Trinajstić information content (AvgIpc) is 2.88. The van der Waals surface area contributed by atoms with E-state index in [0.29, 0.717) is 13.0 Å². The fourth-order valence-corrected chi connectivity index (χ4v) is 2.90. The highest BCUT2D eigenvalue weighted by atomic mass is 35.5. The summed E-state index contributed by atoms with van der Waals surface area (Å²) in [6.45, 7) is 1.42. The Morgan fingerprint density at radius 1 is 1.59 bits per heavy atom. The first-order chi connectivity index (χ1) is 8.15. The monoisotopic (exact) mass is 275 g/mol. The first-order valence-corrected chi connectivity index (χ1v) is 6.68. The predicted molar refractivity (Wildman–Crippen MR) is 66.6 cm³/mol. The van der Waals surface area contributed by atoms with E-state index in [9.17, 15) is 4.79 Å². The molecule has 17 heavy (non-hydrogen) atoms. The van der Waals surface area contributed by atoms with Gasteiger partial charge in [0, 0.05) is 18.0 Å². The molecule has 0 radical (unpaired) electrons. The topological polar surface area (TPSA) is 58.6 Å². The molecule has 0 aromatic carbocycles. The number of hydrogen-bond acceptors (Lipinski definition) is 4. The van der Waals surface area contributed by atoms with E-state index in [4.69, 9.17) is 21.4 Å². The van der Waals surface area contributed by atoms with E-state index in [2.05, 4.69) is 5.32 Å². The van der Waals surface area contributed by atoms with Crippen LogP contribution in [0.15, 0.2) is 12.1 Å². The van der Waals surface area contributed by atoms with Crippen molar-refractivity contribution < 1.29 is 14.6 Å². The van der Waals surface area contributed by atoms with Crippen LogP contribution in [0, 0.1) is 0 Å². The van der Waals surface area contributed by atoms with Gasteiger partial charge in [0.05, 0.1) is 10.4 Å². The highest BCUT2D eigenvalue weighted by molar-refractivity contribution is 7.16. The molecule has 0 spiro atoms. The molecule has 1 aromatic heterocycles. The van der Waals surface area contributed by atoms with Crippen LogP contribution in [-0.4, -0.2) is 29.8 Å². The minimum Gasteiger partial charge on any atom is -0.479 e. The number of carbonyl (C=O) groups is 1. The largest absolute Gasteiger partial charge is 0.479 e. The van der Waals surface area contributed by atoms with E-state index >= 15 is 0 Å². The predicted octanol–water partition coefficient (Wildman–Crippen LogP) is 2.12. The molecule has 6 heteroatoms. The Bertz CT molecular complexity index is 396. The van der Waals surface area contributed by atoms with Crippen molar-refractivity contribution in [2.45, 2.75) is 31.6 Å². The van der Waals surface area contributed by atoms with Gasteiger partial charge in [-0.1, -0.05) is 11.6 Å². The van der Waals surface area contributed by atoms with E-state index < -0.39 is 12.1 Å². The number of aliphatic carboxylic acids is 1. The second-order valence-electron chi connectivity index (χ2n) is 4.00. The van der Waals surface area contributed by atoms with E-state index in [0.717, 1.165) is 17.3 Å². The van der Waals surface area contributed by atoms with Gasteiger partial charge in [-0.15, -0.1) is 11.3 Å². The van der Waals surface area contributed by atoms with Crippen LogP contribution in [0.2, 0.25) is 4.34 Å². The van der Waals surface area contributed by atoms with Gasteiger partial charge in [0.25, 0.3) is 0 Å². The van der Waals surface area contributed by atoms with E-state index in [-0.39, 0.29) is 6.10 Å². The third-order valence-corrected chi connectivity index (χ3v) is 3.91. The molecule has 0 bridgehead atoms. The van der Waals surface area contributed by atoms with Crippen LogP contribution in [0.25, 0.3) is 0 Å². The lowest BCUT2D eigenvalue weighted by atomic mass is 10.2. The third-order valence-electron chi connectivity index (χ3n) is 2.68. The van der Waals surface area contributed by atoms with Crippen LogP contribution in [0.4, 0.5) is 0 Å². The SMILES string of the molecule is O=C(O)C1CCC(CNCc2ccc(Cl)s2)O1. The third kappa shape index (κ3) is 3.67. The summed E-state index contributed by atoms with van der Waals surface area (Å²) >= 11 is 7.36. The molecular weight excluding hydrogens is 262 g/mol. The molecule has 1 aliphatic rings. The summed E-state index contributed by atoms with van der Waals surface area (Å²) in [6, 6.07) is 3.85. The Morgan fingerprint density at radius 3 is 3.00 bits per heavy atom. The molecule has 2 unspecified atom stereocenters. The van der Waals surface area contributed by atoms with Gasteiger partial charge in [0.2, 0.25) is 0 Å². The van der Waals surface area contributed by atoms with E-state index in [1.54, 1.807) is 11.3 Å². The number of carboxylic acids is 1. The van der Waals surface area contributed by atoms with Gasteiger partial charge in [-0.05, 0) is 25.0 Å². The maximum absolute atomic E-state index is 10.7. The molecule has 0 saturated carbocycles. The Labute approximate surface area is 109 Å². The highest BCUT2D eigenvalue weighted by Gasteiger charge is 2.29. The van der Waals surface area contributed by atoms with Crippen molar-refractivity contribution in [3.05, 3.63) is 21.3 Å². The minimum absolute atomic E-state index is 0.00605. The van der Waals surface area contributed by atoms with Gasteiger partial charge in [0.1, 0.15) is 0 Å². The molecule has 2 atom stereocenters. The van der Waals surface area contributed by atoms with Crippen molar-refractivity contribution in [3.63, 3.8) is 0 Å². The van der Waals surface area contributed by atoms with E-state index in [1.165, 1.54) is 4.88 Å². The number of nitrogens with one attached hydrogen (secondary N) is 1. The van der Waals surface area contributed by atoms with Crippen molar-refractivity contribution in [1.29, 1.82) is 0 Å². The summed E-state index contributed by atoms with van der Waals surface area (Å²) in [6.07, 6.45) is 0.784. The Kier molecular flexibility index (Phi) is 4.39. The zero-order valence-corrected chi connectivity index (χ0v) is 10.8. The molecule has 0 aliphatic carbocycles. The summed E-state index contributed by atoms with van der Waals surface area (Å²) in [5, 5.41) is 12.0. The van der Waals surface area contributed by atoms with Crippen molar-refractivity contribution in [1.82, 2.24) is 5.32 Å². The fourth-order valence-electron chi connectivity index (χ4n) is 1.84. The molecule has 2 rings (SSSR count). The van der Waals surface area contributed by atoms with Gasteiger partial charge < -0.3 is 15.2 Å². The zero-order chi connectivity index (χ0) is 12.3. The second-order valence-corrected chi connectivity index (χ2v) is 5.80. The fraction of sp³-hybridized carbons (Fsp3) is 0.545. The Balaban J connectivity index is 1.68. The average molecular weight is 276 g/mol. The molecular formula is C11H14ClNO3S. The molecule has 1 aromatic rings. The molecule has 0 amide bonds. The summed E-state index contributed by atoms with van der Waals surface area (Å²) in [4.78, 5) is 11.9. The van der Waals surface area contributed by atoms with Gasteiger partial charge in [-0.3, -0.25) is 0 Å². The standard InChI is InChI=1S/C11H14ClNO3S/c12-10-4-2-8(17-10)6-13-5-7-1-3-9(16-7)11(14)15/h2,4,7,9,13H,1,3,5-6H2,(H,14,15). The van der Waals surface area contributed by atoms with Crippen molar-refractivity contribution in [2.24, 2.45) is 0 Å². The first-order valence-electron chi connectivity index (χ1n) is 5.48. The molecule has 2 heterocycles. The summed E-state index contributed by atoms with van der Waals surface area (Å²) in [5.74, 6) is -0.863. The number of carboxylic acid groups (broad SMARTS) is 1. The number of halogens is 1. The van der Waals surface area contributed by atoms with Gasteiger partial charge in [-0.25, -0.2) is 4.79 Å². The molecule has 1 saturated heterocycles. The minimum atomic E-state index is -0.863. The lowest BCUT2D eigenvalue weighted by Crippen LogP contribution is -2.28. The van der Waals surface area contributed by atoms with Crippen molar-refractivity contribution >= 4 is 28.9 Å². The van der Waals surface area contributed by atoms with Gasteiger partial charge in [-0.2, -0.15) is 0 Å². The molecule has 1 fully saturated rings. The molecule has 4 nitrogen and oxygen atoms in total. The summed E-state index contributed by atoms with van der Waals surface area (Å²) in [5.41, 5.74) is 0. The van der Waals surface area contributed by atoms with Gasteiger partial charge >= 0.3 is 5.97 Å². The van der Waals surface area contributed by atoms with Crippen LogP contribution < -0.4 is 5.32 Å². The molecule has 1 aliphatic heterocycles. The maximum Gasteiger partial charge on any atom is 0.332 e. The van der Waals surface area contributed by atoms with Crippen LogP contribution in [0.5, 0.6) is 0 Å². The van der Waals surface area contributed by atoms with Crippen molar-refractivity contribution in [3.8, 4) is 0 Å². The summed E-state index contributed by atoms with van der Waals surface area (Å²) in [7, 11) is 0. The van der Waals surface area contributed by atoms with Crippen LogP contribution in [-0.2, 0) is 16.1 Å². The van der Waals surface area contributed by atoms with Crippen LogP contribution in [0.3, 0.4) is 0 Å².